The maximum atomic E-state index is 9.46. The number of hydrogen-bond acceptors (Lipinski definition) is 2. The molecule has 16 heavy (non-hydrogen) atoms. The SMILES string of the molecule is C[C@H](O)c1nc2ccc(C(C)(C)C)cc2[nH]1. The molecule has 0 bridgehead atoms. The second-order valence-electron chi connectivity index (χ2n) is 5.28. The maximum Gasteiger partial charge on any atom is 0.135 e. The summed E-state index contributed by atoms with van der Waals surface area (Å²) in [5.74, 6) is 0.626. The number of aliphatic hydroxyl groups excluding tert-OH is 1. The van der Waals surface area contributed by atoms with Gasteiger partial charge in [0, 0.05) is 0 Å². The molecule has 1 atom stereocenters. The summed E-state index contributed by atoms with van der Waals surface area (Å²) in [6, 6.07) is 6.20. The van der Waals surface area contributed by atoms with E-state index >= 15 is 0 Å². The van der Waals surface area contributed by atoms with Crippen LogP contribution in [0, 0.1) is 0 Å². The van der Waals surface area contributed by atoms with Gasteiger partial charge in [0.05, 0.1) is 11.0 Å². The fourth-order valence-corrected chi connectivity index (χ4v) is 1.69. The topological polar surface area (TPSA) is 48.9 Å². The van der Waals surface area contributed by atoms with Crippen LogP contribution in [0.15, 0.2) is 18.2 Å². The monoisotopic (exact) mass is 218 g/mol. The highest BCUT2D eigenvalue weighted by atomic mass is 16.3. The summed E-state index contributed by atoms with van der Waals surface area (Å²) in [5.41, 5.74) is 3.29. The van der Waals surface area contributed by atoms with Gasteiger partial charge >= 0.3 is 0 Å². The van der Waals surface area contributed by atoms with Crippen LogP contribution in [-0.4, -0.2) is 15.1 Å². The van der Waals surface area contributed by atoms with Gasteiger partial charge in [0.2, 0.25) is 0 Å². The van der Waals surface area contributed by atoms with Crippen molar-refractivity contribution in [3.8, 4) is 0 Å². The summed E-state index contributed by atoms with van der Waals surface area (Å²) in [4.78, 5) is 7.48. The molecule has 0 amide bonds. The molecule has 2 rings (SSSR count). The number of H-pyrrole nitrogens is 1. The van der Waals surface area contributed by atoms with Crippen molar-refractivity contribution in [2.75, 3.05) is 0 Å². The van der Waals surface area contributed by atoms with Crippen molar-refractivity contribution in [3.05, 3.63) is 29.6 Å². The Balaban J connectivity index is 2.54. The van der Waals surface area contributed by atoms with E-state index in [4.69, 9.17) is 0 Å². The average molecular weight is 218 g/mol. The first kappa shape index (κ1) is 11.1. The minimum Gasteiger partial charge on any atom is -0.385 e. The third-order valence-corrected chi connectivity index (χ3v) is 2.76. The maximum absolute atomic E-state index is 9.46. The summed E-state index contributed by atoms with van der Waals surface area (Å²) >= 11 is 0. The number of aromatic nitrogens is 2. The highest BCUT2D eigenvalue weighted by Gasteiger charge is 2.15. The Morgan fingerprint density at radius 3 is 2.56 bits per heavy atom. The first-order chi connectivity index (χ1) is 7.38. The van der Waals surface area contributed by atoms with Crippen LogP contribution >= 0.6 is 0 Å². The molecule has 1 aromatic heterocycles. The number of rotatable bonds is 1. The molecule has 0 aliphatic carbocycles. The van der Waals surface area contributed by atoms with Gasteiger partial charge in [-0.1, -0.05) is 26.8 Å². The molecule has 2 N–H and O–H groups in total. The molecule has 1 aromatic carbocycles. The zero-order valence-corrected chi connectivity index (χ0v) is 10.2. The van der Waals surface area contributed by atoms with E-state index < -0.39 is 6.10 Å². The van der Waals surface area contributed by atoms with Crippen LogP contribution in [0.1, 0.15) is 45.2 Å². The van der Waals surface area contributed by atoms with Gasteiger partial charge < -0.3 is 10.1 Å². The molecule has 0 fully saturated rings. The molecule has 0 aliphatic rings. The van der Waals surface area contributed by atoms with E-state index in [9.17, 15) is 5.11 Å². The van der Waals surface area contributed by atoms with Gasteiger partial charge in [-0.2, -0.15) is 0 Å². The number of nitrogens with zero attached hydrogens (tertiary/aromatic N) is 1. The number of benzene rings is 1. The molecule has 2 aromatic rings. The number of imidazole rings is 1. The number of nitrogens with one attached hydrogen (secondary N) is 1. The molecule has 86 valence electrons. The highest BCUT2D eigenvalue weighted by molar-refractivity contribution is 5.76. The number of aliphatic hydroxyl groups is 1. The molecule has 0 spiro atoms. The van der Waals surface area contributed by atoms with E-state index in [1.165, 1.54) is 5.56 Å². The zero-order valence-electron chi connectivity index (χ0n) is 10.2. The van der Waals surface area contributed by atoms with Crippen LogP contribution in [0.5, 0.6) is 0 Å². The second-order valence-corrected chi connectivity index (χ2v) is 5.28. The van der Waals surface area contributed by atoms with Crippen LogP contribution in [0.3, 0.4) is 0 Å². The van der Waals surface area contributed by atoms with Gasteiger partial charge in [0.25, 0.3) is 0 Å². The lowest BCUT2D eigenvalue weighted by Crippen LogP contribution is -2.10. The predicted octanol–water partition coefficient (Wildman–Crippen LogP) is 2.91. The number of hydrogen-bond donors (Lipinski definition) is 2. The lowest BCUT2D eigenvalue weighted by molar-refractivity contribution is 0.190. The predicted molar refractivity (Wildman–Crippen MR) is 65.4 cm³/mol. The first-order valence-electron chi connectivity index (χ1n) is 5.56. The molecule has 3 heteroatoms. The van der Waals surface area contributed by atoms with Crippen molar-refractivity contribution >= 4 is 11.0 Å². The second kappa shape index (κ2) is 3.59. The highest BCUT2D eigenvalue weighted by Crippen LogP contribution is 2.25. The Morgan fingerprint density at radius 1 is 1.31 bits per heavy atom. The molecular weight excluding hydrogens is 200 g/mol. The Bertz CT molecular complexity index is 506. The third-order valence-electron chi connectivity index (χ3n) is 2.76. The summed E-state index contributed by atoms with van der Waals surface area (Å²) in [7, 11) is 0. The van der Waals surface area contributed by atoms with Crippen LogP contribution in [0.4, 0.5) is 0 Å². The van der Waals surface area contributed by atoms with Crippen LogP contribution < -0.4 is 0 Å². The molecule has 0 unspecified atom stereocenters. The largest absolute Gasteiger partial charge is 0.385 e. The van der Waals surface area contributed by atoms with Gasteiger partial charge in [-0.3, -0.25) is 0 Å². The molecule has 0 aliphatic heterocycles. The molecule has 3 nitrogen and oxygen atoms in total. The fraction of sp³-hybridized carbons (Fsp3) is 0.462. The van der Waals surface area contributed by atoms with E-state index in [0.29, 0.717) is 5.82 Å². The van der Waals surface area contributed by atoms with Crippen molar-refractivity contribution in [2.45, 2.75) is 39.2 Å². The minimum absolute atomic E-state index is 0.129. The van der Waals surface area contributed by atoms with Gasteiger partial charge in [-0.25, -0.2) is 4.98 Å². The standard InChI is InChI=1S/C13H18N2O/c1-8(16)12-14-10-6-5-9(13(2,3)4)7-11(10)15-12/h5-8,16H,1-4H3,(H,14,15)/t8-/m0/s1. The Hall–Kier alpha value is -1.35. The van der Waals surface area contributed by atoms with Crippen LogP contribution in [0.25, 0.3) is 11.0 Å². The van der Waals surface area contributed by atoms with Crippen molar-refractivity contribution in [2.24, 2.45) is 0 Å². The van der Waals surface area contributed by atoms with E-state index in [0.717, 1.165) is 11.0 Å². The van der Waals surface area contributed by atoms with E-state index in [1.54, 1.807) is 6.92 Å². The summed E-state index contributed by atoms with van der Waals surface area (Å²) < 4.78 is 0. The fourth-order valence-electron chi connectivity index (χ4n) is 1.69. The van der Waals surface area contributed by atoms with E-state index in [-0.39, 0.29) is 5.41 Å². The Morgan fingerprint density at radius 2 is 2.00 bits per heavy atom. The van der Waals surface area contributed by atoms with Crippen molar-refractivity contribution < 1.29 is 5.11 Å². The quantitative estimate of drug-likeness (QED) is 0.773. The lowest BCUT2D eigenvalue weighted by atomic mass is 9.87. The molecule has 0 radical (unpaired) electrons. The van der Waals surface area contributed by atoms with Gasteiger partial charge in [0.15, 0.2) is 0 Å². The number of aromatic amines is 1. The molecule has 0 saturated carbocycles. The molecule has 0 saturated heterocycles. The van der Waals surface area contributed by atoms with E-state index in [1.807, 2.05) is 6.07 Å². The van der Waals surface area contributed by atoms with Gasteiger partial charge in [0.1, 0.15) is 11.9 Å². The zero-order chi connectivity index (χ0) is 11.9. The smallest absolute Gasteiger partial charge is 0.135 e. The van der Waals surface area contributed by atoms with Gasteiger partial charge in [-0.15, -0.1) is 0 Å². The van der Waals surface area contributed by atoms with Crippen molar-refractivity contribution in [1.29, 1.82) is 0 Å². The van der Waals surface area contributed by atoms with E-state index in [2.05, 4.69) is 42.9 Å². The summed E-state index contributed by atoms with van der Waals surface area (Å²) in [6.07, 6.45) is -0.550. The summed E-state index contributed by atoms with van der Waals surface area (Å²) in [6.45, 7) is 8.25. The Kier molecular flexibility index (Phi) is 2.50. The van der Waals surface area contributed by atoms with Crippen molar-refractivity contribution in [3.63, 3.8) is 0 Å². The normalized spacial score (nSPS) is 14.3. The number of fused-ring (bicyclic) bond motifs is 1. The Labute approximate surface area is 95.5 Å². The van der Waals surface area contributed by atoms with Crippen LogP contribution in [0.2, 0.25) is 0 Å². The van der Waals surface area contributed by atoms with Gasteiger partial charge in [-0.05, 0) is 30.0 Å². The average Bonchev–Trinajstić information content (AvgIpc) is 2.58. The summed E-state index contributed by atoms with van der Waals surface area (Å²) in [5, 5.41) is 9.46. The molecule has 1 heterocycles. The van der Waals surface area contributed by atoms with Crippen molar-refractivity contribution in [1.82, 2.24) is 9.97 Å². The lowest BCUT2D eigenvalue weighted by Gasteiger charge is -2.18. The third kappa shape index (κ3) is 1.95. The molecular formula is C13H18N2O. The van der Waals surface area contributed by atoms with Crippen LogP contribution in [-0.2, 0) is 5.41 Å². The minimum atomic E-state index is -0.550. The first-order valence-corrected chi connectivity index (χ1v) is 5.56.